The van der Waals surface area contributed by atoms with Crippen LogP contribution in [0.2, 0.25) is 0 Å². The van der Waals surface area contributed by atoms with Gasteiger partial charge in [-0.25, -0.2) is 9.67 Å². The number of hydrogen-bond donors (Lipinski definition) is 1. The first-order chi connectivity index (χ1) is 12.5. The highest BCUT2D eigenvalue weighted by atomic mass is 16.2. The predicted molar refractivity (Wildman–Crippen MR) is 103 cm³/mol. The molecule has 0 unspecified atom stereocenters. The summed E-state index contributed by atoms with van der Waals surface area (Å²) in [7, 11) is 0. The first kappa shape index (κ1) is 17.9. The Balaban J connectivity index is 1.94. The summed E-state index contributed by atoms with van der Waals surface area (Å²) in [5, 5.41) is 7.36. The largest absolute Gasteiger partial charge is 0.349 e. The zero-order valence-corrected chi connectivity index (χ0v) is 15.4. The molecule has 5 nitrogen and oxygen atoms in total. The van der Waals surface area contributed by atoms with Crippen molar-refractivity contribution in [2.45, 2.75) is 27.2 Å². The van der Waals surface area contributed by atoms with Crippen molar-refractivity contribution < 1.29 is 4.79 Å². The Hall–Kier alpha value is -2.95. The fourth-order valence-corrected chi connectivity index (χ4v) is 2.60. The SMILES string of the molecule is Cc1ccc(-n2nc(C(=O)NCC(C)C)nc2Cc2ccccc2)cc1. The Bertz CT molecular complexity index is 867. The summed E-state index contributed by atoms with van der Waals surface area (Å²) in [6.45, 7) is 6.76. The van der Waals surface area contributed by atoms with E-state index < -0.39 is 0 Å². The Kier molecular flexibility index (Phi) is 5.46. The quantitative estimate of drug-likeness (QED) is 0.741. The van der Waals surface area contributed by atoms with E-state index in [0.717, 1.165) is 17.1 Å². The van der Waals surface area contributed by atoms with Crippen molar-refractivity contribution in [2.24, 2.45) is 5.92 Å². The molecule has 1 amide bonds. The van der Waals surface area contributed by atoms with E-state index in [1.807, 2.05) is 61.5 Å². The summed E-state index contributed by atoms with van der Waals surface area (Å²) in [6, 6.07) is 18.1. The smallest absolute Gasteiger partial charge is 0.290 e. The van der Waals surface area contributed by atoms with E-state index in [9.17, 15) is 4.79 Å². The van der Waals surface area contributed by atoms with Gasteiger partial charge in [-0.3, -0.25) is 4.79 Å². The highest BCUT2D eigenvalue weighted by Crippen LogP contribution is 2.15. The highest BCUT2D eigenvalue weighted by molar-refractivity contribution is 5.90. The summed E-state index contributed by atoms with van der Waals surface area (Å²) < 4.78 is 1.76. The van der Waals surface area contributed by atoms with Crippen LogP contribution in [0.15, 0.2) is 54.6 Å². The minimum Gasteiger partial charge on any atom is -0.349 e. The van der Waals surface area contributed by atoms with Gasteiger partial charge in [0, 0.05) is 13.0 Å². The van der Waals surface area contributed by atoms with E-state index in [2.05, 4.69) is 29.2 Å². The van der Waals surface area contributed by atoms with Crippen LogP contribution in [0, 0.1) is 12.8 Å². The summed E-state index contributed by atoms with van der Waals surface area (Å²) in [4.78, 5) is 16.9. The lowest BCUT2D eigenvalue weighted by molar-refractivity contribution is 0.0938. The van der Waals surface area contributed by atoms with Gasteiger partial charge in [0.1, 0.15) is 5.82 Å². The van der Waals surface area contributed by atoms with Crippen LogP contribution < -0.4 is 5.32 Å². The molecule has 1 N–H and O–H groups in total. The van der Waals surface area contributed by atoms with Crippen LogP contribution in [0.1, 0.15) is 41.4 Å². The lowest BCUT2D eigenvalue weighted by atomic mass is 10.1. The number of aromatic nitrogens is 3. The van der Waals surface area contributed by atoms with Gasteiger partial charge in [-0.2, -0.15) is 0 Å². The van der Waals surface area contributed by atoms with Crippen LogP contribution in [0.3, 0.4) is 0 Å². The normalized spacial score (nSPS) is 10.9. The second kappa shape index (κ2) is 7.95. The Labute approximate surface area is 154 Å². The summed E-state index contributed by atoms with van der Waals surface area (Å²) in [5.74, 6) is 1.09. The topological polar surface area (TPSA) is 59.8 Å². The third kappa shape index (κ3) is 4.36. The van der Waals surface area contributed by atoms with E-state index in [1.165, 1.54) is 5.56 Å². The molecular formula is C21H24N4O. The molecule has 0 saturated carbocycles. The Morgan fingerprint density at radius 3 is 2.42 bits per heavy atom. The molecule has 1 heterocycles. The minimum atomic E-state index is -0.237. The van der Waals surface area contributed by atoms with Crippen molar-refractivity contribution in [3.05, 3.63) is 77.4 Å². The summed E-state index contributed by atoms with van der Waals surface area (Å²) >= 11 is 0. The Morgan fingerprint density at radius 2 is 1.77 bits per heavy atom. The molecule has 0 atom stereocenters. The molecule has 0 aliphatic rings. The van der Waals surface area contributed by atoms with Gasteiger partial charge in [0.15, 0.2) is 0 Å². The minimum absolute atomic E-state index is 0.206. The van der Waals surface area contributed by atoms with E-state index in [4.69, 9.17) is 0 Å². The summed E-state index contributed by atoms with van der Waals surface area (Å²) in [6.07, 6.45) is 0.610. The number of rotatable bonds is 6. The molecule has 0 aliphatic carbocycles. The second-order valence-electron chi connectivity index (χ2n) is 6.87. The van der Waals surface area contributed by atoms with Gasteiger partial charge >= 0.3 is 0 Å². The van der Waals surface area contributed by atoms with Crippen molar-refractivity contribution in [2.75, 3.05) is 6.54 Å². The van der Waals surface area contributed by atoms with Crippen LogP contribution in [-0.4, -0.2) is 27.2 Å². The lowest BCUT2D eigenvalue weighted by Crippen LogP contribution is -2.28. The average molecular weight is 348 g/mol. The third-order valence-electron chi connectivity index (χ3n) is 4.03. The zero-order valence-electron chi connectivity index (χ0n) is 15.4. The van der Waals surface area contributed by atoms with Gasteiger partial charge in [0.25, 0.3) is 5.91 Å². The van der Waals surface area contributed by atoms with Gasteiger partial charge in [-0.05, 0) is 30.5 Å². The van der Waals surface area contributed by atoms with Gasteiger partial charge in [-0.1, -0.05) is 61.9 Å². The maximum atomic E-state index is 12.4. The molecule has 1 aromatic heterocycles. The van der Waals surface area contributed by atoms with E-state index in [1.54, 1.807) is 4.68 Å². The summed E-state index contributed by atoms with van der Waals surface area (Å²) in [5.41, 5.74) is 3.20. The van der Waals surface area contributed by atoms with Crippen molar-refractivity contribution in [3.8, 4) is 5.69 Å². The van der Waals surface area contributed by atoms with Crippen LogP contribution in [0.25, 0.3) is 5.69 Å². The standard InChI is InChI=1S/C21H24N4O/c1-15(2)14-22-21(26)20-23-19(13-17-7-5-4-6-8-17)25(24-20)18-11-9-16(3)10-12-18/h4-12,15H,13-14H2,1-3H3,(H,22,26). The van der Waals surface area contributed by atoms with Gasteiger partial charge in [0.05, 0.1) is 5.69 Å². The first-order valence-electron chi connectivity index (χ1n) is 8.88. The van der Waals surface area contributed by atoms with Crippen LogP contribution in [-0.2, 0) is 6.42 Å². The predicted octanol–water partition coefficient (Wildman–Crippen LogP) is 3.55. The highest BCUT2D eigenvalue weighted by Gasteiger charge is 2.17. The van der Waals surface area contributed by atoms with Crippen molar-refractivity contribution >= 4 is 5.91 Å². The fourth-order valence-electron chi connectivity index (χ4n) is 2.60. The molecule has 5 heteroatoms. The number of hydrogen-bond acceptors (Lipinski definition) is 3. The molecule has 2 aromatic carbocycles. The number of nitrogens with one attached hydrogen (secondary N) is 1. The molecule has 3 aromatic rings. The molecule has 3 rings (SSSR count). The van der Waals surface area contributed by atoms with Crippen LogP contribution in [0.5, 0.6) is 0 Å². The maximum Gasteiger partial charge on any atom is 0.290 e. The van der Waals surface area contributed by atoms with E-state index in [-0.39, 0.29) is 11.7 Å². The Morgan fingerprint density at radius 1 is 1.08 bits per heavy atom. The lowest BCUT2D eigenvalue weighted by Gasteiger charge is -2.06. The van der Waals surface area contributed by atoms with Gasteiger partial charge in [-0.15, -0.1) is 5.10 Å². The van der Waals surface area contributed by atoms with Crippen molar-refractivity contribution in [1.29, 1.82) is 0 Å². The molecule has 0 spiro atoms. The second-order valence-corrected chi connectivity index (χ2v) is 6.87. The number of aryl methyl sites for hydroxylation is 1. The molecule has 0 radical (unpaired) electrons. The average Bonchev–Trinajstić information content (AvgIpc) is 3.05. The molecule has 134 valence electrons. The monoisotopic (exact) mass is 348 g/mol. The zero-order chi connectivity index (χ0) is 18.5. The molecule has 0 fully saturated rings. The molecular weight excluding hydrogens is 324 g/mol. The molecule has 0 aliphatic heterocycles. The number of carbonyl (C=O) groups is 1. The number of amides is 1. The first-order valence-corrected chi connectivity index (χ1v) is 8.88. The van der Waals surface area contributed by atoms with E-state index in [0.29, 0.717) is 18.9 Å². The fraction of sp³-hybridized carbons (Fsp3) is 0.286. The third-order valence-corrected chi connectivity index (χ3v) is 4.03. The number of carbonyl (C=O) groups excluding carboxylic acids is 1. The molecule has 0 saturated heterocycles. The van der Waals surface area contributed by atoms with Crippen molar-refractivity contribution in [3.63, 3.8) is 0 Å². The maximum absolute atomic E-state index is 12.4. The van der Waals surface area contributed by atoms with Gasteiger partial charge in [0.2, 0.25) is 5.82 Å². The molecule has 0 bridgehead atoms. The van der Waals surface area contributed by atoms with Gasteiger partial charge < -0.3 is 5.32 Å². The van der Waals surface area contributed by atoms with E-state index >= 15 is 0 Å². The number of benzene rings is 2. The molecule has 26 heavy (non-hydrogen) atoms. The van der Waals surface area contributed by atoms with Crippen LogP contribution in [0.4, 0.5) is 0 Å². The van der Waals surface area contributed by atoms with Crippen molar-refractivity contribution in [1.82, 2.24) is 20.1 Å². The van der Waals surface area contributed by atoms with Crippen LogP contribution >= 0.6 is 0 Å². The number of nitrogens with zero attached hydrogens (tertiary/aromatic N) is 3.